The topological polar surface area (TPSA) is 274 Å². The third-order valence-electron chi connectivity index (χ3n) is 11.6. The van der Waals surface area contributed by atoms with E-state index in [4.69, 9.17) is 22.9 Å². The Kier molecular flexibility index (Phi) is 40.1. The standard InChI is InChI=1S/C48H95N11O5/c1-4-6-8-10-12-14-16-18-20-22-24-26-28-34-42(60)56-38-41(57-43(61)35-29-27-25-23-21-19-17-15-13-11-9-7-5-2)46(64)59-40(33-31-37-55-48(51)52)45(63)58-39(44(62)53-3)32-30-36-54-47(49)50/h39-41H,4-38H2,1-3H3,(H,53,62)(H,56,60)(H,57,61)(H,58,63)(H,59,64)(H4,49,50,54)(H4,51,52,55)/t39-,40-,41-/m0/s1. The molecule has 0 saturated heterocycles. The number of hydrogen-bond donors (Lipinski definition) is 9. The molecule has 0 rings (SSSR count). The quantitative estimate of drug-likeness (QED) is 0.0186. The van der Waals surface area contributed by atoms with Gasteiger partial charge in [0, 0.05) is 39.5 Å². The number of carbonyl (C=O) groups is 5. The minimum atomic E-state index is -1.13. The number of amides is 5. The van der Waals surface area contributed by atoms with E-state index in [-0.39, 0.29) is 62.6 Å². The Hall–Kier alpha value is -4.11. The third kappa shape index (κ3) is 37.3. The van der Waals surface area contributed by atoms with E-state index in [1.807, 2.05) is 0 Å². The molecule has 0 saturated carbocycles. The molecule has 3 atom stereocenters. The summed E-state index contributed by atoms with van der Waals surface area (Å²) < 4.78 is 0. The largest absolute Gasteiger partial charge is 0.370 e. The van der Waals surface area contributed by atoms with Crippen LogP contribution >= 0.6 is 0 Å². The minimum Gasteiger partial charge on any atom is -0.370 e. The van der Waals surface area contributed by atoms with Crippen molar-refractivity contribution in [2.45, 2.75) is 237 Å². The Morgan fingerprint density at radius 2 is 0.734 bits per heavy atom. The fourth-order valence-electron chi connectivity index (χ4n) is 7.65. The third-order valence-corrected chi connectivity index (χ3v) is 11.6. The van der Waals surface area contributed by atoms with Gasteiger partial charge < -0.3 is 49.5 Å². The summed E-state index contributed by atoms with van der Waals surface area (Å²) in [4.78, 5) is 74.6. The van der Waals surface area contributed by atoms with Gasteiger partial charge in [0.15, 0.2) is 11.9 Å². The number of rotatable bonds is 44. The lowest BCUT2D eigenvalue weighted by molar-refractivity contribution is -0.134. The Morgan fingerprint density at radius 3 is 1.09 bits per heavy atom. The molecular formula is C48H95N11O5. The minimum absolute atomic E-state index is 0.0779. The Bertz CT molecular complexity index is 1270. The highest BCUT2D eigenvalue weighted by Gasteiger charge is 2.29. The van der Waals surface area contributed by atoms with Crippen LogP contribution in [0, 0.1) is 0 Å². The molecule has 0 heterocycles. The van der Waals surface area contributed by atoms with Crippen molar-refractivity contribution in [3.63, 3.8) is 0 Å². The van der Waals surface area contributed by atoms with Gasteiger partial charge in [0.05, 0.1) is 0 Å². The van der Waals surface area contributed by atoms with E-state index < -0.39 is 35.8 Å². The van der Waals surface area contributed by atoms with Crippen molar-refractivity contribution in [2.75, 3.05) is 26.7 Å². The summed E-state index contributed by atoms with van der Waals surface area (Å²) in [6.07, 6.45) is 32.7. The van der Waals surface area contributed by atoms with E-state index in [1.54, 1.807) is 0 Å². The maximum atomic E-state index is 13.9. The normalized spacial score (nSPS) is 12.4. The molecule has 0 unspecified atom stereocenters. The smallest absolute Gasteiger partial charge is 0.245 e. The van der Waals surface area contributed by atoms with Crippen LogP contribution in [-0.4, -0.2) is 86.3 Å². The van der Waals surface area contributed by atoms with Gasteiger partial charge in [-0.1, -0.05) is 168 Å². The molecule has 0 aromatic rings. The first-order chi connectivity index (χ1) is 30.9. The number of nitrogens with one attached hydrogen (secondary N) is 5. The van der Waals surface area contributed by atoms with Gasteiger partial charge >= 0.3 is 0 Å². The van der Waals surface area contributed by atoms with Gasteiger partial charge in [0.2, 0.25) is 29.5 Å². The van der Waals surface area contributed by atoms with Crippen LogP contribution in [0.15, 0.2) is 9.98 Å². The van der Waals surface area contributed by atoms with Crippen LogP contribution in [0.5, 0.6) is 0 Å². The van der Waals surface area contributed by atoms with Gasteiger partial charge in [0.1, 0.15) is 18.1 Å². The van der Waals surface area contributed by atoms with Crippen LogP contribution in [0.25, 0.3) is 0 Å². The predicted octanol–water partition coefficient (Wildman–Crippen LogP) is 6.37. The van der Waals surface area contributed by atoms with Gasteiger partial charge in [0.25, 0.3) is 0 Å². The number of aliphatic imine (C=N–C) groups is 2. The number of nitrogens with two attached hydrogens (primary N) is 4. The maximum Gasteiger partial charge on any atom is 0.245 e. The van der Waals surface area contributed by atoms with Crippen LogP contribution < -0.4 is 49.5 Å². The van der Waals surface area contributed by atoms with Crippen LogP contribution in [0.4, 0.5) is 0 Å². The molecule has 0 radical (unpaired) electrons. The van der Waals surface area contributed by atoms with Gasteiger partial charge in [-0.15, -0.1) is 0 Å². The Balaban J connectivity index is 5.43. The van der Waals surface area contributed by atoms with Gasteiger partial charge in [-0.05, 0) is 38.5 Å². The summed E-state index contributed by atoms with van der Waals surface area (Å²) in [6.45, 7) is 4.81. The second kappa shape index (κ2) is 42.8. The molecule has 64 heavy (non-hydrogen) atoms. The van der Waals surface area contributed by atoms with Gasteiger partial charge in [-0.2, -0.15) is 0 Å². The number of likely N-dealkylation sites (N-methyl/N-ethyl adjacent to an activating group) is 1. The zero-order chi connectivity index (χ0) is 47.5. The lowest BCUT2D eigenvalue weighted by Gasteiger charge is -2.25. The molecule has 0 aromatic carbocycles. The Morgan fingerprint density at radius 1 is 0.406 bits per heavy atom. The first-order valence-electron chi connectivity index (χ1n) is 25.4. The average Bonchev–Trinajstić information content (AvgIpc) is 3.26. The van der Waals surface area contributed by atoms with Crippen molar-refractivity contribution in [1.29, 1.82) is 0 Å². The lowest BCUT2D eigenvalue weighted by atomic mass is 10.0. The molecular weight excluding hydrogens is 811 g/mol. The summed E-state index contributed by atoms with van der Waals surface area (Å²) in [5.41, 5.74) is 21.9. The first-order valence-corrected chi connectivity index (χ1v) is 25.4. The zero-order valence-corrected chi connectivity index (χ0v) is 40.7. The summed E-state index contributed by atoms with van der Waals surface area (Å²) in [5.74, 6) is -2.34. The van der Waals surface area contributed by atoms with Crippen molar-refractivity contribution in [1.82, 2.24) is 26.6 Å². The number of hydrogen-bond acceptors (Lipinski definition) is 7. The van der Waals surface area contributed by atoms with Crippen molar-refractivity contribution < 1.29 is 24.0 Å². The van der Waals surface area contributed by atoms with Crippen LogP contribution in [0.1, 0.15) is 219 Å². The van der Waals surface area contributed by atoms with Crippen molar-refractivity contribution in [3.05, 3.63) is 0 Å². The van der Waals surface area contributed by atoms with Crippen LogP contribution in [0.2, 0.25) is 0 Å². The average molecular weight is 906 g/mol. The number of unbranched alkanes of at least 4 members (excludes halogenated alkanes) is 24. The fraction of sp³-hybridized carbons (Fsp3) is 0.854. The summed E-state index contributed by atoms with van der Waals surface area (Å²) in [5, 5.41) is 13.8. The van der Waals surface area contributed by atoms with E-state index in [9.17, 15) is 24.0 Å². The number of guanidine groups is 2. The maximum absolute atomic E-state index is 13.9. The molecule has 0 aliphatic heterocycles. The zero-order valence-electron chi connectivity index (χ0n) is 40.7. The number of nitrogens with zero attached hydrogens (tertiary/aromatic N) is 2. The molecule has 0 aliphatic carbocycles. The molecule has 13 N–H and O–H groups in total. The summed E-state index contributed by atoms with van der Waals surface area (Å²) in [6, 6.07) is -3.16. The van der Waals surface area contributed by atoms with E-state index >= 15 is 0 Å². The molecule has 16 nitrogen and oxygen atoms in total. The lowest BCUT2D eigenvalue weighted by Crippen LogP contribution is -2.58. The van der Waals surface area contributed by atoms with Crippen molar-refractivity contribution >= 4 is 41.5 Å². The SMILES string of the molecule is CCCCCCCCCCCCCCCC(=O)NC[C@H](NC(=O)CCCCCCCCCCCCCCC)C(=O)N[C@@H](CCCN=C(N)N)C(=O)N[C@@H](CCCN=C(N)N)C(=O)NC. The van der Waals surface area contributed by atoms with Gasteiger partial charge in [-0.3, -0.25) is 34.0 Å². The van der Waals surface area contributed by atoms with Crippen molar-refractivity contribution in [2.24, 2.45) is 32.9 Å². The van der Waals surface area contributed by atoms with E-state index in [2.05, 4.69) is 50.4 Å². The highest BCUT2D eigenvalue weighted by molar-refractivity contribution is 5.94. The van der Waals surface area contributed by atoms with E-state index in [0.717, 1.165) is 44.9 Å². The number of carbonyl (C=O) groups excluding carboxylic acids is 5. The molecule has 0 fully saturated rings. The second-order valence-corrected chi connectivity index (χ2v) is 17.5. The molecule has 16 heteroatoms. The molecule has 0 aromatic heterocycles. The Labute approximate surface area is 388 Å². The van der Waals surface area contributed by atoms with Gasteiger partial charge in [-0.25, -0.2) is 0 Å². The van der Waals surface area contributed by atoms with E-state index in [0.29, 0.717) is 25.7 Å². The van der Waals surface area contributed by atoms with E-state index in [1.165, 1.54) is 123 Å². The van der Waals surface area contributed by atoms with Crippen molar-refractivity contribution in [3.8, 4) is 0 Å². The summed E-state index contributed by atoms with van der Waals surface area (Å²) in [7, 11) is 1.46. The van der Waals surface area contributed by atoms with Crippen LogP contribution in [-0.2, 0) is 24.0 Å². The molecule has 5 amide bonds. The second-order valence-electron chi connectivity index (χ2n) is 17.5. The molecule has 0 spiro atoms. The summed E-state index contributed by atoms with van der Waals surface area (Å²) >= 11 is 0. The molecule has 372 valence electrons. The molecule has 0 bridgehead atoms. The monoisotopic (exact) mass is 906 g/mol. The predicted molar refractivity (Wildman–Crippen MR) is 263 cm³/mol. The fourth-order valence-corrected chi connectivity index (χ4v) is 7.65. The highest BCUT2D eigenvalue weighted by atomic mass is 16.2. The highest BCUT2D eigenvalue weighted by Crippen LogP contribution is 2.15. The first kappa shape index (κ1) is 59.9. The molecule has 0 aliphatic rings. The van der Waals surface area contributed by atoms with Crippen LogP contribution in [0.3, 0.4) is 0 Å².